The van der Waals surface area contributed by atoms with E-state index in [0.29, 0.717) is 22.9 Å². The van der Waals surface area contributed by atoms with Gasteiger partial charge in [0.05, 0.1) is 10.6 Å². The van der Waals surface area contributed by atoms with Crippen LogP contribution in [0.3, 0.4) is 0 Å². The number of nitrogen functional groups attached to an aromatic ring is 1. The van der Waals surface area contributed by atoms with Gasteiger partial charge in [-0.1, -0.05) is 30.3 Å². The molecule has 2 aliphatic carbocycles. The summed E-state index contributed by atoms with van der Waals surface area (Å²) >= 11 is 1.50. The number of rotatable bonds is 6. The summed E-state index contributed by atoms with van der Waals surface area (Å²) in [7, 11) is 0. The molecule has 6 nitrogen and oxygen atoms in total. The molecule has 1 atom stereocenters. The van der Waals surface area contributed by atoms with E-state index in [1.165, 1.54) is 24.2 Å². The Kier molecular flexibility index (Phi) is 5.52. The normalized spacial score (nSPS) is 18.2. The zero-order valence-corrected chi connectivity index (χ0v) is 16.5. The number of thiophene rings is 1. The summed E-state index contributed by atoms with van der Waals surface area (Å²) in [6.45, 7) is 0.960. The zero-order chi connectivity index (χ0) is 19.5. The maximum absolute atomic E-state index is 12.6. The number of ether oxygens (including phenoxy) is 1. The molecule has 4 rings (SSSR count). The van der Waals surface area contributed by atoms with Gasteiger partial charge in [-0.05, 0) is 49.1 Å². The SMILES string of the molecule is Nc1sc2c(c1C(=O)NCC1CC1)C[C@@H](NC(=O)OCc1ccccc1)CC2. The van der Waals surface area contributed by atoms with Gasteiger partial charge in [0, 0.05) is 17.5 Å². The molecule has 1 aromatic heterocycles. The summed E-state index contributed by atoms with van der Waals surface area (Å²) in [6, 6.07) is 9.53. The highest BCUT2D eigenvalue weighted by atomic mass is 32.1. The number of fused-ring (bicyclic) bond motifs is 1. The standard InChI is InChI=1S/C21H25N3O3S/c22-19-18(20(25)23-11-13-6-7-13)16-10-15(8-9-17(16)28-19)24-21(26)27-12-14-4-2-1-3-5-14/h1-5,13,15H,6-12,22H2,(H,23,25)(H,24,26)/t15-/m0/s1. The van der Waals surface area contributed by atoms with Crippen LogP contribution in [0, 0.1) is 5.92 Å². The van der Waals surface area contributed by atoms with Crippen molar-refractivity contribution in [3.63, 3.8) is 0 Å². The molecule has 0 aliphatic heterocycles. The Morgan fingerprint density at radius 1 is 1.18 bits per heavy atom. The molecule has 1 fully saturated rings. The molecule has 0 spiro atoms. The van der Waals surface area contributed by atoms with E-state index < -0.39 is 6.09 Å². The Labute approximate surface area is 168 Å². The van der Waals surface area contributed by atoms with Crippen LogP contribution in [0.4, 0.5) is 9.80 Å². The molecule has 1 heterocycles. The molecule has 2 aliphatic rings. The molecule has 28 heavy (non-hydrogen) atoms. The van der Waals surface area contributed by atoms with Gasteiger partial charge in [0.1, 0.15) is 6.61 Å². The number of amides is 2. The monoisotopic (exact) mass is 399 g/mol. The van der Waals surface area contributed by atoms with Gasteiger partial charge in [-0.2, -0.15) is 0 Å². The molecule has 148 valence electrons. The minimum atomic E-state index is -0.430. The molecule has 0 radical (unpaired) electrons. The number of nitrogens with one attached hydrogen (secondary N) is 2. The molecule has 0 saturated heterocycles. The van der Waals surface area contributed by atoms with E-state index in [-0.39, 0.29) is 18.6 Å². The highest BCUT2D eigenvalue weighted by molar-refractivity contribution is 7.16. The summed E-state index contributed by atoms with van der Waals surface area (Å²) < 4.78 is 5.32. The second kappa shape index (κ2) is 8.22. The average molecular weight is 400 g/mol. The third kappa shape index (κ3) is 4.47. The highest BCUT2D eigenvalue weighted by Gasteiger charge is 2.30. The smallest absolute Gasteiger partial charge is 0.407 e. The van der Waals surface area contributed by atoms with Crippen LogP contribution in [0.25, 0.3) is 0 Å². The van der Waals surface area contributed by atoms with Crippen molar-refractivity contribution in [1.29, 1.82) is 0 Å². The highest BCUT2D eigenvalue weighted by Crippen LogP contribution is 2.36. The van der Waals surface area contributed by atoms with Crippen LogP contribution in [0.15, 0.2) is 30.3 Å². The van der Waals surface area contributed by atoms with Crippen molar-refractivity contribution in [2.75, 3.05) is 12.3 Å². The Morgan fingerprint density at radius 3 is 2.71 bits per heavy atom. The van der Waals surface area contributed by atoms with Crippen LogP contribution in [0.2, 0.25) is 0 Å². The first-order chi connectivity index (χ1) is 13.6. The Balaban J connectivity index is 1.35. The van der Waals surface area contributed by atoms with Gasteiger partial charge in [0.25, 0.3) is 5.91 Å². The first kappa shape index (κ1) is 18.8. The van der Waals surface area contributed by atoms with Crippen LogP contribution >= 0.6 is 11.3 Å². The number of carbonyl (C=O) groups is 2. The third-order valence-corrected chi connectivity index (χ3v) is 6.42. The second-order valence-electron chi connectivity index (χ2n) is 7.54. The lowest BCUT2D eigenvalue weighted by Crippen LogP contribution is -2.39. The largest absolute Gasteiger partial charge is 0.445 e. The van der Waals surface area contributed by atoms with Crippen molar-refractivity contribution in [1.82, 2.24) is 10.6 Å². The van der Waals surface area contributed by atoms with Gasteiger partial charge in [-0.25, -0.2) is 4.79 Å². The molecular formula is C21H25N3O3S. The van der Waals surface area contributed by atoms with Gasteiger partial charge in [-0.15, -0.1) is 11.3 Å². The lowest BCUT2D eigenvalue weighted by molar-refractivity contribution is 0.0952. The van der Waals surface area contributed by atoms with Gasteiger partial charge < -0.3 is 21.1 Å². The number of hydrogen-bond acceptors (Lipinski definition) is 5. The average Bonchev–Trinajstić information content (AvgIpc) is 3.46. The fourth-order valence-corrected chi connectivity index (χ4v) is 4.67. The molecule has 1 saturated carbocycles. The van der Waals surface area contributed by atoms with Crippen molar-refractivity contribution in [2.24, 2.45) is 5.92 Å². The quantitative estimate of drug-likeness (QED) is 0.695. The number of benzene rings is 1. The van der Waals surface area contributed by atoms with Crippen molar-refractivity contribution < 1.29 is 14.3 Å². The molecule has 4 N–H and O–H groups in total. The summed E-state index contributed by atoms with van der Waals surface area (Å²) in [5.41, 5.74) is 8.68. The number of aryl methyl sites for hydroxylation is 1. The first-order valence-electron chi connectivity index (χ1n) is 9.75. The summed E-state index contributed by atoms with van der Waals surface area (Å²) in [6.07, 6.45) is 4.18. The molecule has 1 aromatic carbocycles. The van der Waals surface area contributed by atoms with E-state index in [4.69, 9.17) is 10.5 Å². The fraction of sp³-hybridized carbons (Fsp3) is 0.429. The second-order valence-corrected chi connectivity index (χ2v) is 8.68. The fourth-order valence-electron chi connectivity index (χ4n) is 3.56. The summed E-state index contributed by atoms with van der Waals surface area (Å²) in [4.78, 5) is 26.0. The maximum atomic E-state index is 12.6. The molecule has 7 heteroatoms. The minimum absolute atomic E-state index is 0.0558. The van der Waals surface area contributed by atoms with Crippen molar-refractivity contribution in [3.8, 4) is 0 Å². The maximum Gasteiger partial charge on any atom is 0.407 e. The number of alkyl carbamates (subject to hydrolysis) is 1. The Hall–Kier alpha value is -2.54. The van der Waals surface area contributed by atoms with Crippen molar-refractivity contribution in [2.45, 2.75) is 44.8 Å². The lowest BCUT2D eigenvalue weighted by Gasteiger charge is -2.23. The Morgan fingerprint density at radius 2 is 1.96 bits per heavy atom. The van der Waals surface area contributed by atoms with Gasteiger partial charge in [-0.3, -0.25) is 4.79 Å². The van der Waals surface area contributed by atoms with E-state index in [2.05, 4.69) is 10.6 Å². The summed E-state index contributed by atoms with van der Waals surface area (Å²) in [5, 5.41) is 6.52. The molecule has 2 aromatic rings. The summed E-state index contributed by atoms with van der Waals surface area (Å²) in [5.74, 6) is 0.530. The topological polar surface area (TPSA) is 93.5 Å². The number of anilines is 1. The van der Waals surface area contributed by atoms with Crippen LogP contribution in [0.1, 0.15) is 45.6 Å². The van der Waals surface area contributed by atoms with E-state index >= 15 is 0 Å². The minimum Gasteiger partial charge on any atom is -0.445 e. The van der Waals surface area contributed by atoms with Crippen LogP contribution in [-0.4, -0.2) is 24.6 Å². The van der Waals surface area contributed by atoms with Gasteiger partial charge >= 0.3 is 6.09 Å². The molecule has 0 bridgehead atoms. The van der Waals surface area contributed by atoms with Gasteiger partial charge in [0.15, 0.2) is 0 Å². The molecule has 0 unspecified atom stereocenters. The first-order valence-corrected chi connectivity index (χ1v) is 10.6. The van der Waals surface area contributed by atoms with E-state index in [9.17, 15) is 9.59 Å². The zero-order valence-electron chi connectivity index (χ0n) is 15.7. The molecular weight excluding hydrogens is 374 g/mol. The van der Waals surface area contributed by atoms with Crippen molar-refractivity contribution in [3.05, 3.63) is 51.9 Å². The third-order valence-electron chi connectivity index (χ3n) is 5.30. The van der Waals surface area contributed by atoms with Crippen LogP contribution < -0.4 is 16.4 Å². The van der Waals surface area contributed by atoms with Crippen LogP contribution in [-0.2, 0) is 24.2 Å². The van der Waals surface area contributed by atoms with Gasteiger partial charge in [0.2, 0.25) is 0 Å². The van der Waals surface area contributed by atoms with Crippen LogP contribution in [0.5, 0.6) is 0 Å². The Bertz CT molecular complexity index is 861. The predicted octanol–water partition coefficient (Wildman–Crippen LogP) is 3.25. The van der Waals surface area contributed by atoms with E-state index in [0.717, 1.165) is 35.4 Å². The van der Waals surface area contributed by atoms with E-state index in [1.54, 1.807) is 0 Å². The number of carbonyl (C=O) groups excluding carboxylic acids is 2. The number of nitrogens with two attached hydrogens (primary N) is 1. The van der Waals surface area contributed by atoms with Crippen molar-refractivity contribution >= 4 is 28.3 Å². The predicted molar refractivity (Wildman–Crippen MR) is 109 cm³/mol. The number of hydrogen-bond donors (Lipinski definition) is 3. The van der Waals surface area contributed by atoms with E-state index in [1.807, 2.05) is 30.3 Å². The molecule has 2 amide bonds. The lowest BCUT2D eigenvalue weighted by atomic mass is 9.91.